The molecule has 0 amide bonds. The normalized spacial score (nSPS) is 14.8. The predicted molar refractivity (Wildman–Crippen MR) is 84.1 cm³/mol. The van der Waals surface area contributed by atoms with Gasteiger partial charge in [-0.15, -0.1) is 0 Å². The van der Waals surface area contributed by atoms with E-state index in [0.29, 0.717) is 13.2 Å². The fourth-order valence-electron chi connectivity index (χ4n) is 2.41. The third-order valence-corrected chi connectivity index (χ3v) is 3.87. The van der Waals surface area contributed by atoms with Crippen LogP contribution in [-0.2, 0) is 6.54 Å². The van der Waals surface area contributed by atoms with Crippen LogP contribution in [0.25, 0.3) is 0 Å². The van der Waals surface area contributed by atoms with E-state index in [9.17, 15) is 0 Å². The van der Waals surface area contributed by atoms with Crippen molar-refractivity contribution in [2.24, 2.45) is 0 Å². The fourth-order valence-corrected chi connectivity index (χ4v) is 2.53. The molecule has 1 atom stereocenters. The second-order valence-corrected chi connectivity index (χ2v) is 5.53. The Morgan fingerprint density at radius 1 is 1.10 bits per heavy atom. The number of benzene rings is 2. The Bertz CT molecular complexity index is 613. The number of hydrogen-bond donors (Lipinski definition) is 1. The summed E-state index contributed by atoms with van der Waals surface area (Å²) in [6.45, 7) is 4.09. The average molecular weight is 304 g/mol. The van der Waals surface area contributed by atoms with Crippen LogP contribution in [0.3, 0.4) is 0 Å². The third kappa shape index (κ3) is 3.31. The van der Waals surface area contributed by atoms with E-state index < -0.39 is 0 Å². The summed E-state index contributed by atoms with van der Waals surface area (Å²) >= 11 is 5.92. The van der Waals surface area contributed by atoms with Gasteiger partial charge in [-0.1, -0.05) is 35.9 Å². The van der Waals surface area contributed by atoms with Crippen LogP contribution in [-0.4, -0.2) is 13.2 Å². The van der Waals surface area contributed by atoms with Gasteiger partial charge in [0.15, 0.2) is 11.5 Å². The minimum atomic E-state index is 0.239. The maximum Gasteiger partial charge on any atom is 0.165 e. The molecule has 110 valence electrons. The molecule has 0 saturated carbocycles. The smallest absolute Gasteiger partial charge is 0.165 e. The average Bonchev–Trinajstić information content (AvgIpc) is 2.53. The van der Waals surface area contributed by atoms with Gasteiger partial charge in [0.05, 0.1) is 0 Å². The number of halogens is 1. The van der Waals surface area contributed by atoms with E-state index in [-0.39, 0.29) is 6.04 Å². The molecule has 1 aliphatic heterocycles. The molecule has 21 heavy (non-hydrogen) atoms. The zero-order valence-corrected chi connectivity index (χ0v) is 12.7. The minimum absolute atomic E-state index is 0.239. The molecular formula is C17H18ClNO2. The van der Waals surface area contributed by atoms with Crippen LogP contribution < -0.4 is 14.8 Å². The van der Waals surface area contributed by atoms with Crippen LogP contribution in [0, 0.1) is 0 Å². The summed E-state index contributed by atoms with van der Waals surface area (Å²) in [5.74, 6) is 1.69. The first-order valence-corrected chi connectivity index (χ1v) is 7.48. The Morgan fingerprint density at radius 3 is 2.67 bits per heavy atom. The fraction of sp³-hybridized carbons (Fsp3) is 0.294. The molecule has 0 spiro atoms. The number of nitrogens with one attached hydrogen (secondary N) is 1. The van der Waals surface area contributed by atoms with Crippen LogP contribution in [0.2, 0.25) is 5.02 Å². The molecular weight excluding hydrogens is 286 g/mol. The number of hydrogen-bond acceptors (Lipinski definition) is 3. The SMILES string of the molecule is C[C@@H](NCc1cccc2c1OCCO2)c1ccc(Cl)cc1. The zero-order valence-electron chi connectivity index (χ0n) is 11.9. The molecule has 2 aromatic carbocycles. The molecule has 0 radical (unpaired) electrons. The Hall–Kier alpha value is -1.71. The molecule has 1 N–H and O–H groups in total. The topological polar surface area (TPSA) is 30.5 Å². The monoisotopic (exact) mass is 303 g/mol. The maximum absolute atomic E-state index is 5.92. The van der Waals surface area contributed by atoms with Crippen molar-refractivity contribution in [1.29, 1.82) is 0 Å². The van der Waals surface area contributed by atoms with Gasteiger partial charge in [0.2, 0.25) is 0 Å². The lowest BCUT2D eigenvalue weighted by Crippen LogP contribution is -2.21. The molecule has 0 unspecified atom stereocenters. The van der Waals surface area contributed by atoms with Gasteiger partial charge >= 0.3 is 0 Å². The lowest BCUT2D eigenvalue weighted by atomic mass is 10.1. The highest BCUT2D eigenvalue weighted by molar-refractivity contribution is 6.30. The second kappa shape index (κ2) is 6.37. The lowest BCUT2D eigenvalue weighted by molar-refractivity contribution is 0.169. The molecule has 1 aliphatic rings. The van der Waals surface area contributed by atoms with E-state index in [1.165, 1.54) is 5.56 Å². The van der Waals surface area contributed by atoms with E-state index in [1.54, 1.807) is 0 Å². The molecule has 1 heterocycles. The van der Waals surface area contributed by atoms with Gasteiger partial charge in [0, 0.05) is 23.2 Å². The van der Waals surface area contributed by atoms with Gasteiger partial charge in [-0.3, -0.25) is 0 Å². The molecule has 3 nitrogen and oxygen atoms in total. The standard InChI is InChI=1S/C17H18ClNO2/c1-12(13-5-7-15(18)8-6-13)19-11-14-3-2-4-16-17(14)21-10-9-20-16/h2-8,12,19H,9-11H2,1H3/t12-/m1/s1. The summed E-state index contributed by atoms with van der Waals surface area (Å²) < 4.78 is 11.3. The first-order valence-electron chi connectivity index (χ1n) is 7.10. The van der Waals surface area contributed by atoms with Gasteiger partial charge in [-0.2, -0.15) is 0 Å². The zero-order chi connectivity index (χ0) is 14.7. The van der Waals surface area contributed by atoms with E-state index in [4.69, 9.17) is 21.1 Å². The highest BCUT2D eigenvalue weighted by atomic mass is 35.5. The van der Waals surface area contributed by atoms with Crippen molar-refractivity contribution in [3.05, 3.63) is 58.6 Å². The van der Waals surface area contributed by atoms with E-state index in [1.807, 2.05) is 36.4 Å². The van der Waals surface area contributed by atoms with Crippen LogP contribution in [0.15, 0.2) is 42.5 Å². The molecule has 4 heteroatoms. The van der Waals surface area contributed by atoms with Crippen LogP contribution in [0.1, 0.15) is 24.1 Å². The summed E-state index contributed by atoms with van der Waals surface area (Å²) in [5, 5.41) is 4.26. The Balaban J connectivity index is 1.69. The third-order valence-electron chi connectivity index (χ3n) is 3.62. The van der Waals surface area contributed by atoms with Crippen molar-refractivity contribution < 1.29 is 9.47 Å². The molecule has 0 aliphatic carbocycles. The number of ether oxygens (including phenoxy) is 2. The van der Waals surface area contributed by atoms with Crippen LogP contribution in [0.5, 0.6) is 11.5 Å². The summed E-state index contributed by atoms with van der Waals surface area (Å²) in [7, 11) is 0. The summed E-state index contributed by atoms with van der Waals surface area (Å²) in [6, 6.07) is 14.2. The van der Waals surface area contributed by atoms with Gasteiger partial charge in [0.25, 0.3) is 0 Å². The highest BCUT2D eigenvalue weighted by Gasteiger charge is 2.16. The Kier molecular flexibility index (Phi) is 4.32. The van der Waals surface area contributed by atoms with Crippen molar-refractivity contribution >= 4 is 11.6 Å². The summed E-state index contributed by atoms with van der Waals surface area (Å²) in [5.41, 5.74) is 2.33. The highest BCUT2D eigenvalue weighted by Crippen LogP contribution is 2.33. The minimum Gasteiger partial charge on any atom is -0.486 e. The van der Waals surface area contributed by atoms with E-state index in [2.05, 4.69) is 18.3 Å². The van der Waals surface area contributed by atoms with E-state index >= 15 is 0 Å². The van der Waals surface area contributed by atoms with Gasteiger partial charge < -0.3 is 14.8 Å². The number of rotatable bonds is 4. The molecule has 0 saturated heterocycles. The summed E-state index contributed by atoms with van der Waals surface area (Å²) in [6.07, 6.45) is 0. The van der Waals surface area contributed by atoms with Crippen LogP contribution >= 0.6 is 11.6 Å². The van der Waals surface area contributed by atoms with Crippen molar-refractivity contribution in [3.63, 3.8) is 0 Å². The Morgan fingerprint density at radius 2 is 1.86 bits per heavy atom. The molecule has 0 fully saturated rings. The van der Waals surface area contributed by atoms with Crippen LogP contribution in [0.4, 0.5) is 0 Å². The van der Waals surface area contributed by atoms with Gasteiger partial charge in [-0.25, -0.2) is 0 Å². The molecule has 3 rings (SSSR count). The van der Waals surface area contributed by atoms with Crippen molar-refractivity contribution in [1.82, 2.24) is 5.32 Å². The van der Waals surface area contributed by atoms with Crippen molar-refractivity contribution in [3.8, 4) is 11.5 Å². The first kappa shape index (κ1) is 14.2. The molecule has 0 bridgehead atoms. The molecule has 0 aromatic heterocycles. The quantitative estimate of drug-likeness (QED) is 0.927. The van der Waals surface area contributed by atoms with Crippen molar-refractivity contribution in [2.75, 3.05) is 13.2 Å². The largest absolute Gasteiger partial charge is 0.486 e. The Labute approximate surface area is 129 Å². The second-order valence-electron chi connectivity index (χ2n) is 5.10. The summed E-state index contributed by atoms with van der Waals surface area (Å²) in [4.78, 5) is 0. The number of para-hydroxylation sites is 1. The van der Waals surface area contributed by atoms with E-state index in [0.717, 1.165) is 28.6 Å². The predicted octanol–water partition coefficient (Wildman–Crippen LogP) is 3.96. The first-order chi connectivity index (χ1) is 10.2. The van der Waals surface area contributed by atoms with Gasteiger partial charge in [-0.05, 0) is 30.7 Å². The number of fused-ring (bicyclic) bond motifs is 1. The van der Waals surface area contributed by atoms with Crippen molar-refractivity contribution in [2.45, 2.75) is 19.5 Å². The lowest BCUT2D eigenvalue weighted by Gasteiger charge is -2.22. The maximum atomic E-state index is 5.92. The van der Waals surface area contributed by atoms with Gasteiger partial charge in [0.1, 0.15) is 13.2 Å². The molecule has 2 aromatic rings.